The number of benzene rings is 1. The standard InChI is InChI=1S/C19H22N4OS/c1-2-12(1)13-3-4-16-15(9-13)20-18(25-16)21-17-10-19(24-22-17)11-23-7-5-14(19)6-8-23/h3-4,9,12,14H,1-2,5-8,10-11H2,(H,20,21,22)/t19-/m0/s1. The Morgan fingerprint density at radius 2 is 2.12 bits per heavy atom. The number of hydrogen-bond acceptors (Lipinski definition) is 5. The smallest absolute Gasteiger partial charge is 0.211 e. The summed E-state index contributed by atoms with van der Waals surface area (Å²) < 4.78 is 1.22. The molecule has 1 aromatic carbocycles. The highest BCUT2D eigenvalue weighted by Crippen LogP contribution is 2.43. The van der Waals surface area contributed by atoms with Gasteiger partial charge >= 0.3 is 0 Å². The summed E-state index contributed by atoms with van der Waals surface area (Å²) in [5.41, 5.74) is 5.58. The Balaban J connectivity index is 1.27. The van der Waals surface area contributed by atoms with E-state index in [2.05, 4.69) is 28.6 Å². The number of hydrogen-bond donors (Lipinski definition) is 1. The van der Waals surface area contributed by atoms with Crippen LogP contribution in [0.3, 0.4) is 0 Å². The molecule has 5 heterocycles. The molecule has 2 aromatic rings. The SMILES string of the molecule is c1cc2sc(N=C3C[C@@]4(CN5CCC4CC5)ON3)nc2cc1C1CC1. The number of rotatable bonds is 2. The van der Waals surface area contributed by atoms with Crippen LogP contribution in [0.1, 0.15) is 43.6 Å². The largest absolute Gasteiger partial charge is 0.300 e. The van der Waals surface area contributed by atoms with Gasteiger partial charge in [0, 0.05) is 13.0 Å². The van der Waals surface area contributed by atoms with Gasteiger partial charge in [-0.2, -0.15) is 0 Å². The second-order valence-corrected chi connectivity index (χ2v) is 9.06. The van der Waals surface area contributed by atoms with Crippen molar-refractivity contribution < 1.29 is 4.84 Å². The molecule has 1 aromatic heterocycles. The van der Waals surface area contributed by atoms with E-state index in [-0.39, 0.29) is 5.60 Å². The lowest BCUT2D eigenvalue weighted by Crippen LogP contribution is -2.59. The van der Waals surface area contributed by atoms with Gasteiger partial charge in [0.2, 0.25) is 5.13 Å². The monoisotopic (exact) mass is 354 g/mol. The number of piperidine rings is 3. The van der Waals surface area contributed by atoms with Crippen LogP contribution < -0.4 is 5.48 Å². The summed E-state index contributed by atoms with van der Waals surface area (Å²) in [6, 6.07) is 6.71. The van der Waals surface area contributed by atoms with Crippen molar-refractivity contribution in [2.24, 2.45) is 10.9 Å². The quantitative estimate of drug-likeness (QED) is 0.895. The Morgan fingerprint density at radius 3 is 2.88 bits per heavy atom. The third-order valence-electron chi connectivity index (χ3n) is 6.34. The Bertz CT molecular complexity index is 865. The number of hydroxylamine groups is 1. The van der Waals surface area contributed by atoms with E-state index in [0.29, 0.717) is 5.92 Å². The van der Waals surface area contributed by atoms with Crippen LogP contribution in [0.4, 0.5) is 5.13 Å². The lowest BCUT2D eigenvalue weighted by Gasteiger charge is -2.49. The highest BCUT2D eigenvalue weighted by Gasteiger charge is 2.52. The van der Waals surface area contributed by atoms with Crippen LogP contribution in [0.5, 0.6) is 0 Å². The van der Waals surface area contributed by atoms with E-state index in [9.17, 15) is 0 Å². The minimum atomic E-state index is -0.0643. The molecule has 5 nitrogen and oxygen atoms in total. The van der Waals surface area contributed by atoms with Gasteiger partial charge in [-0.25, -0.2) is 9.98 Å². The zero-order valence-electron chi connectivity index (χ0n) is 14.2. The summed E-state index contributed by atoms with van der Waals surface area (Å²) in [4.78, 5) is 18.2. The highest BCUT2D eigenvalue weighted by molar-refractivity contribution is 7.22. The second kappa shape index (κ2) is 5.25. The van der Waals surface area contributed by atoms with Gasteiger partial charge in [0.05, 0.1) is 10.2 Å². The van der Waals surface area contributed by atoms with Crippen LogP contribution >= 0.6 is 11.3 Å². The molecule has 6 heteroatoms. The summed E-state index contributed by atoms with van der Waals surface area (Å²) in [5, 5.41) is 0.840. The fourth-order valence-electron chi connectivity index (χ4n) is 4.79. The number of fused-ring (bicyclic) bond motifs is 3. The average Bonchev–Trinajstić information content (AvgIpc) is 3.31. The lowest BCUT2D eigenvalue weighted by molar-refractivity contribution is -0.150. The fourth-order valence-corrected chi connectivity index (χ4v) is 5.63. The van der Waals surface area contributed by atoms with Gasteiger partial charge in [0.25, 0.3) is 0 Å². The van der Waals surface area contributed by atoms with Crippen molar-refractivity contribution in [1.82, 2.24) is 15.4 Å². The molecule has 1 aliphatic carbocycles. The van der Waals surface area contributed by atoms with E-state index in [4.69, 9.17) is 14.8 Å². The van der Waals surface area contributed by atoms with Gasteiger partial charge < -0.3 is 4.90 Å². The molecule has 1 spiro atoms. The number of nitrogens with one attached hydrogen (secondary N) is 1. The Hall–Kier alpha value is -1.50. The number of thiazole rings is 1. The van der Waals surface area contributed by atoms with E-state index < -0.39 is 0 Å². The predicted octanol–water partition coefficient (Wildman–Crippen LogP) is 3.59. The van der Waals surface area contributed by atoms with E-state index >= 15 is 0 Å². The summed E-state index contributed by atoms with van der Waals surface area (Å²) in [6.07, 6.45) is 6.04. The van der Waals surface area contributed by atoms with Gasteiger partial charge in [-0.1, -0.05) is 17.4 Å². The summed E-state index contributed by atoms with van der Waals surface area (Å²) in [7, 11) is 0. The molecule has 25 heavy (non-hydrogen) atoms. The van der Waals surface area contributed by atoms with E-state index in [1.807, 2.05) is 0 Å². The second-order valence-electron chi connectivity index (χ2n) is 8.05. The van der Waals surface area contributed by atoms with Crippen molar-refractivity contribution in [3.05, 3.63) is 23.8 Å². The third-order valence-corrected chi connectivity index (χ3v) is 7.27. The molecule has 5 fully saturated rings. The van der Waals surface area contributed by atoms with Crippen LogP contribution in [-0.2, 0) is 4.84 Å². The molecule has 0 amide bonds. The Kier molecular flexibility index (Phi) is 3.08. The zero-order valence-corrected chi connectivity index (χ0v) is 15.0. The van der Waals surface area contributed by atoms with Crippen LogP contribution in [0.15, 0.2) is 23.2 Å². The normalized spacial score (nSPS) is 35.8. The Morgan fingerprint density at radius 1 is 1.24 bits per heavy atom. The maximum atomic E-state index is 6.09. The van der Waals surface area contributed by atoms with Gasteiger partial charge in [-0.15, -0.1) is 0 Å². The van der Waals surface area contributed by atoms with Crippen molar-refractivity contribution in [2.75, 3.05) is 19.6 Å². The van der Waals surface area contributed by atoms with Crippen LogP contribution in [0.2, 0.25) is 0 Å². The molecule has 7 rings (SSSR count). The van der Waals surface area contributed by atoms with E-state index in [0.717, 1.165) is 35.4 Å². The first-order chi connectivity index (χ1) is 12.3. The molecule has 5 aliphatic rings. The van der Waals surface area contributed by atoms with Gasteiger partial charge in [0.15, 0.2) is 0 Å². The molecule has 0 radical (unpaired) electrons. The molecule has 130 valence electrons. The lowest BCUT2D eigenvalue weighted by atomic mass is 9.74. The van der Waals surface area contributed by atoms with Crippen molar-refractivity contribution in [1.29, 1.82) is 0 Å². The fraction of sp³-hybridized carbons (Fsp3) is 0.579. The molecule has 1 saturated carbocycles. The summed E-state index contributed by atoms with van der Waals surface area (Å²) in [6.45, 7) is 3.49. The van der Waals surface area contributed by atoms with Crippen molar-refractivity contribution in [2.45, 2.75) is 43.6 Å². The van der Waals surface area contributed by atoms with Crippen molar-refractivity contribution in [3.8, 4) is 0 Å². The Labute approximate surface area is 151 Å². The number of aromatic nitrogens is 1. The van der Waals surface area contributed by atoms with Crippen LogP contribution in [-0.4, -0.2) is 41.0 Å². The number of nitrogens with zero attached hydrogens (tertiary/aromatic N) is 3. The zero-order chi connectivity index (χ0) is 16.4. The average molecular weight is 354 g/mol. The van der Waals surface area contributed by atoms with Crippen LogP contribution in [0.25, 0.3) is 10.2 Å². The molecule has 1 N–H and O–H groups in total. The van der Waals surface area contributed by atoms with Gasteiger partial charge in [-0.3, -0.25) is 10.3 Å². The van der Waals surface area contributed by atoms with E-state index in [1.54, 1.807) is 11.3 Å². The molecular weight excluding hydrogens is 332 g/mol. The molecule has 1 atom stereocenters. The summed E-state index contributed by atoms with van der Waals surface area (Å²) >= 11 is 1.67. The predicted molar refractivity (Wildman–Crippen MR) is 99.4 cm³/mol. The minimum absolute atomic E-state index is 0.0643. The van der Waals surface area contributed by atoms with E-state index in [1.165, 1.54) is 49.0 Å². The first-order valence-electron chi connectivity index (χ1n) is 9.42. The minimum Gasteiger partial charge on any atom is -0.300 e. The molecule has 0 unspecified atom stereocenters. The maximum Gasteiger partial charge on any atom is 0.211 e. The molecule has 4 aliphatic heterocycles. The first-order valence-corrected chi connectivity index (χ1v) is 10.2. The van der Waals surface area contributed by atoms with Gasteiger partial charge in [-0.05, 0) is 68.3 Å². The number of aliphatic imine (C=N–C) groups is 1. The molecule has 2 bridgehead atoms. The van der Waals surface area contributed by atoms with Gasteiger partial charge in [0.1, 0.15) is 11.4 Å². The highest BCUT2D eigenvalue weighted by atomic mass is 32.1. The molecular formula is C19H22N4OS. The number of amidine groups is 1. The third kappa shape index (κ3) is 2.42. The maximum absolute atomic E-state index is 6.09. The topological polar surface area (TPSA) is 49.8 Å². The first kappa shape index (κ1) is 14.6. The van der Waals surface area contributed by atoms with Crippen molar-refractivity contribution >= 4 is 32.5 Å². The van der Waals surface area contributed by atoms with Crippen molar-refractivity contribution in [3.63, 3.8) is 0 Å². The molecule has 4 saturated heterocycles. The summed E-state index contributed by atoms with van der Waals surface area (Å²) in [5.74, 6) is 2.37. The van der Waals surface area contributed by atoms with Crippen LogP contribution in [0, 0.1) is 5.92 Å².